The second-order valence-corrected chi connectivity index (χ2v) is 5.39. The first-order chi connectivity index (χ1) is 9.29. The van der Waals surface area contributed by atoms with E-state index in [1.54, 1.807) is 0 Å². The van der Waals surface area contributed by atoms with Crippen LogP contribution in [0, 0.1) is 0 Å². The van der Waals surface area contributed by atoms with Gasteiger partial charge in [0.15, 0.2) is 0 Å². The van der Waals surface area contributed by atoms with Crippen molar-refractivity contribution >= 4 is 0 Å². The Kier molecular flexibility index (Phi) is 3.43. The van der Waals surface area contributed by atoms with E-state index in [-0.39, 0.29) is 6.04 Å². The first-order valence-electron chi connectivity index (χ1n) is 7.22. The monoisotopic (exact) mass is 255 g/mol. The van der Waals surface area contributed by atoms with Crippen LogP contribution in [-0.4, -0.2) is 0 Å². The number of nitrogens with two attached hydrogens (primary N) is 1. The van der Waals surface area contributed by atoms with Gasteiger partial charge in [-0.15, -0.1) is 0 Å². The van der Waals surface area contributed by atoms with Crippen molar-refractivity contribution in [3.8, 4) is 0 Å². The maximum Gasteiger partial charge on any atom is 0.125 e. The third kappa shape index (κ3) is 2.33. The van der Waals surface area contributed by atoms with Gasteiger partial charge in [-0.25, -0.2) is 0 Å². The minimum Gasteiger partial charge on any atom is -0.464 e. The van der Waals surface area contributed by atoms with E-state index in [4.69, 9.17) is 10.2 Å². The fourth-order valence-corrected chi connectivity index (χ4v) is 2.79. The largest absolute Gasteiger partial charge is 0.464 e. The lowest BCUT2D eigenvalue weighted by molar-refractivity contribution is 0.411. The Labute approximate surface area is 114 Å². The van der Waals surface area contributed by atoms with E-state index in [9.17, 15) is 0 Å². The normalized spacial score (nSPS) is 17.2. The van der Waals surface area contributed by atoms with Gasteiger partial charge in [-0.2, -0.15) is 0 Å². The van der Waals surface area contributed by atoms with Gasteiger partial charge in [-0.05, 0) is 42.0 Å². The lowest BCUT2D eigenvalue weighted by atomic mass is 9.77. The molecule has 0 saturated heterocycles. The molecule has 2 heteroatoms. The van der Waals surface area contributed by atoms with Gasteiger partial charge in [0.05, 0.1) is 6.04 Å². The predicted octanol–water partition coefficient (Wildman–Crippen LogP) is 4.16. The van der Waals surface area contributed by atoms with Crippen molar-refractivity contribution in [1.29, 1.82) is 0 Å². The molecule has 1 fully saturated rings. The minimum atomic E-state index is -0.142. The number of hydrogen-bond donors (Lipinski definition) is 1. The number of hydrogen-bond acceptors (Lipinski definition) is 2. The number of furan rings is 1. The standard InChI is InChI=1S/C17H21NO/c1-2-13-10-11-16(19-13)17(18)15-9-4-3-8-14(15)12-6-5-7-12/h3-4,8-12,17H,2,5-7,18H2,1H3. The molecule has 0 bridgehead atoms. The molecule has 1 heterocycles. The van der Waals surface area contributed by atoms with Gasteiger partial charge in [0.2, 0.25) is 0 Å². The number of aryl methyl sites for hydroxylation is 1. The molecule has 1 aliphatic carbocycles. The quantitative estimate of drug-likeness (QED) is 0.891. The fourth-order valence-electron chi connectivity index (χ4n) is 2.79. The summed E-state index contributed by atoms with van der Waals surface area (Å²) in [5.41, 5.74) is 9.05. The zero-order valence-corrected chi connectivity index (χ0v) is 11.4. The summed E-state index contributed by atoms with van der Waals surface area (Å²) in [6.45, 7) is 2.09. The van der Waals surface area contributed by atoms with E-state index in [1.165, 1.54) is 30.4 Å². The molecule has 2 nitrogen and oxygen atoms in total. The SMILES string of the molecule is CCc1ccc(C(N)c2ccccc2C2CCC2)o1. The van der Waals surface area contributed by atoms with Gasteiger partial charge in [-0.3, -0.25) is 0 Å². The van der Waals surface area contributed by atoms with E-state index in [0.29, 0.717) is 5.92 Å². The zero-order chi connectivity index (χ0) is 13.2. The van der Waals surface area contributed by atoms with Gasteiger partial charge in [-0.1, -0.05) is 37.6 Å². The highest BCUT2D eigenvalue weighted by Crippen LogP contribution is 2.40. The summed E-state index contributed by atoms with van der Waals surface area (Å²) in [5, 5.41) is 0. The highest BCUT2D eigenvalue weighted by molar-refractivity contribution is 5.37. The van der Waals surface area contributed by atoms with Crippen LogP contribution in [0.1, 0.15) is 60.8 Å². The summed E-state index contributed by atoms with van der Waals surface area (Å²) < 4.78 is 5.81. The Bertz CT molecular complexity index is 554. The van der Waals surface area contributed by atoms with Crippen LogP contribution in [0.4, 0.5) is 0 Å². The summed E-state index contributed by atoms with van der Waals surface area (Å²) >= 11 is 0. The van der Waals surface area contributed by atoms with Crippen LogP contribution in [0.5, 0.6) is 0 Å². The van der Waals surface area contributed by atoms with E-state index >= 15 is 0 Å². The van der Waals surface area contributed by atoms with Crippen molar-refractivity contribution in [3.05, 3.63) is 59.0 Å². The van der Waals surface area contributed by atoms with Crippen molar-refractivity contribution in [3.63, 3.8) is 0 Å². The smallest absolute Gasteiger partial charge is 0.125 e. The summed E-state index contributed by atoms with van der Waals surface area (Å²) in [5.74, 6) is 2.58. The van der Waals surface area contributed by atoms with Crippen molar-refractivity contribution in [2.75, 3.05) is 0 Å². The number of benzene rings is 1. The Morgan fingerprint density at radius 2 is 2.00 bits per heavy atom. The van der Waals surface area contributed by atoms with Crippen LogP contribution in [0.15, 0.2) is 40.8 Å². The molecular formula is C17H21NO. The van der Waals surface area contributed by atoms with Gasteiger partial charge in [0, 0.05) is 6.42 Å². The molecule has 0 aliphatic heterocycles. The van der Waals surface area contributed by atoms with Gasteiger partial charge in [0.1, 0.15) is 11.5 Å². The molecule has 2 aromatic rings. The van der Waals surface area contributed by atoms with Gasteiger partial charge < -0.3 is 10.2 Å². The molecule has 1 saturated carbocycles. The van der Waals surface area contributed by atoms with E-state index < -0.39 is 0 Å². The second-order valence-electron chi connectivity index (χ2n) is 5.39. The van der Waals surface area contributed by atoms with Crippen molar-refractivity contribution < 1.29 is 4.42 Å². The van der Waals surface area contributed by atoms with Crippen molar-refractivity contribution in [2.24, 2.45) is 5.73 Å². The fraction of sp³-hybridized carbons (Fsp3) is 0.412. The average molecular weight is 255 g/mol. The third-order valence-corrected chi connectivity index (χ3v) is 4.21. The Balaban J connectivity index is 1.92. The van der Waals surface area contributed by atoms with E-state index in [1.807, 2.05) is 12.1 Å². The summed E-state index contributed by atoms with van der Waals surface area (Å²) in [6, 6.07) is 12.5. The zero-order valence-electron chi connectivity index (χ0n) is 11.4. The predicted molar refractivity (Wildman–Crippen MR) is 77.2 cm³/mol. The minimum absolute atomic E-state index is 0.142. The molecule has 3 rings (SSSR count). The molecule has 0 spiro atoms. The van der Waals surface area contributed by atoms with Crippen molar-refractivity contribution in [2.45, 2.75) is 44.6 Å². The van der Waals surface area contributed by atoms with E-state index in [2.05, 4.69) is 31.2 Å². The molecule has 1 atom stereocenters. The maximum absolute atomic E-state index is 6.41. The van der Waals surface area contributed by atoms with Gasteiger partial charge >= 0.3 is 0 Å². The topological polar surface area (TPSA) is 39.2 Å². The summed E-state index contributed by atoms with van der Waals surface area (Å²) in [7, 11) is 0. The van der Waals surface area contributed by atoms with Crippen LogP contribution < -0.4 is 5.73 Å². The summed E-state index contributed by atoms with van der Waals surface area (Å²) in [4.78, 5) is 0. The number of rotatable bonds is 4. The molecule has 2 N–H and O–H groups in total. The molecular weight excluding hydrogens is 234 g/mol. The average Bonchev–Trinajstić information content (AvgIpc) is 2.85. The lowest BCUT2D eigenvalue weighted by Gasteiger charge is -2.29. The highest BCUT2D eigenvalue weighted by atomic mass is 16.3. The first kappa shape index (κ1) is 12.5. The van der Waals surface area contributed by atoms with Crippen LogP contribution in [0.3, 0.4) is 0 Å². The van der Waals surface area contributed by atoms with Crippen molar-refractivity contribution in [1.82, 2.24) is 0 Å². The van der Waals surface area contributed by atoms with Crippen LogP contribution in [0.2, 0.25) is 0 Å². The van der Waals surface area contributed by atoms with Crippen LogP contribution in [0.25, 0.3) is 0 Å². The molecule has 1 aromatic heterocycles. The van der Waals surface area contributed by atoms with Gasteiger partial charge in [0.25, 0.3) is 0 Å². The highest BCUT2D eigenvalue weighted by Gasteiger charge is 2.25. The Morgan fingerprint density at radius 1 is 1.21 bits per heavy atom. The molecule has 1 aromatic carbocycles. The molecule has 0 amide bonds. The van der Waals surface area contributed by atoms with Crippen LogP contribution >= 0.6 is 0 Å². The third-order valence-electron chi connectivity index (χ3n) is 4.21. The second kappa shape index (κ2) is 5.22. The lowest BCUT2D eigenvalue weighted by Crippen LogP contribution is -2.17. The maximum atomic E-state index is 6.41. The Hall–Kier alpha value is -1.54. The van der Waals surface area contributed by atoms with Crippen LogP contribution in [-0.2, 0) is 6.42 Å². The Morgan fingerprint density at radius 3 is 2.63 bits per heavy atom. The van der Waals surface area contributed by atoms with E-state index in [0.717, 1.165) is 17.9 Å². The first-order valence-corrected chi connectivity index (χ1v) is 7.22. The molecule has 1 aliphatic rings. The molecule has 0 radical (unpaired) electrons. The summed E-state index contributed by atoms with van der Waals surface area (Å²) in [6.07, 6.45) is 4.84. The molecule has 19 heavy (non-hydrogen) atoms. The molecule has 100 valence electrons. The molecule has 1 unspecified atom stereocenters.